The molecule has 4 nitrogen and oxygen atoms in total. The minimum atomic E-state index is -3.52. The van der Waals surface area contributed by atoms with Crippen LogP contribution >= 0.6 is 11.6 Å². The van der Waals surface area contributed by atoms with Gasteiger partial charge >= 0.3 is 0 Å². The van der Waals surface area contributed by atoms with Crippen LogP contribution in [0.5, 0.6) is 0 Å². The van der Waals surface area contributed by atoms with E-state index in [4.69, 9.17) is 11.6 Å². The van der Waals surface area contributed by atoms with E-state index in [1.165, 1.54) is 23.2 Å². The molecule has 1 aromatic carbocycles. The molecular formula is C15H21ClN2O2S. The van der Waals surface area contributed by atoms with Gasteiger partial charge in [-0.2, -0.15) is 4.31 Å². The summed E-state index contributed by atoms with van der Waals surface area (Å²) in [6.45, 7) is 6.51. The normalized spacial score (nSPS) is 15.4. The van der Waals surface area contributed by atoms with Crippen molar-refractivity contribution in [2.24, 2.45) is 0 Å². The fourth-order valence-corrected chi connectivity index (χ4v) is 3.59. The number of likely N-dealkylation sites (N-methyl/N-ethyl adjacent to an activating group) is 1. The molecule has 1 fully saturated rings. The highest BCUT2D eigenvalue weighted by molar-refractivity contribution is 7.89. The van der Waals surface area contributed by atoms with Gasteiger partial charge < -0.3 is 5.32 Å². The minimum absolute atomic E-state index is 0.214. The third-order valence-electron chi connectivity index (χ3n) is 3.38. The molecule has 0 unspecified atom stereocenters. The van der Waals surface area contributed by atoms with Gasteiger partial charge in [0.1, 0.15) is 0 Å². The number of nitrogens with one attached hydrogen (secondary N) is 1. The van der Waals surface area contributed by atoms with Crippen LogP contribution < -0.4 is 5.32 Å². The van der Waals surface area contributed by atoms with E-state index >= 15 is 0 Å². The van der Waals surface area contributed by atoms with Crippen LogP contribution in [0.2, 0.25) is 5.02 Å². The van der Waals surface area contributed by atoms with Crippen molar-refractivity contribution in [1.29, 1.82) is 0 Å². The van der Waals surface area contributed by atoms with Gasteiger partial charge in [0.15, 0.2) is 0 Å². The third-order valence-corrected chi connectivity index (χ3v) is 5.54. The van der Waals surface area contributed by atoms with Crippen LogP contribution in [0.15, 0.2) is 35.2 Å². The Morgan fingerprint density at radius 1 is 1.48 bits per heavy atom. The molecule has 0 saturated heterocycles. The van der Waals surface area contributed by atoms with Gasteiger partial charge in [-0.15, -0.1) is 0 Å². The zero-order chi connectivity index (χ0) is 15.6. The van der Waals surface area contributed by atoms with E-state index in [1.54, 1.807) is 26.1 Å². The monoisotopic (exact) mass is 328 g/mol. The second-order valence-corrected chi connectivity index (χ2v) is 8.08. The van der Waals surface area contributed by atoms with Crippen molar-refractivity contribution in [1.82, 2.24) is 9.62 Å². The minimum Gasteiger partial charge on any atom is -0.310 e. The SMILES string of the molecule is C=C(C)CN(C)S(=O)(=O)c1ccc(CNC2CC2)c(Cl)c1. The molecule has 1 aliphatic carbocycles. The van der Waals surface area contributed by atoms with E-state index in [9.17, 15) is 8.42 Å². The van der Waals surface area contributed by atoms with Gasteiger partial charge in [0.2, 0.25) is 10.0 Å². The average molecular weight is 329 g/mol. The van der Waals surface area contributed by atoms with Crippen LogP contribution in [-0.4, -0.2) is 32.4 Å². The molecule has 0 bridgehead atoms. The summed E-state index contributed by atoms with van der Waals surface area (Å²) in [6, 6.07) is 5.50. The smallest absolute Gasteiger partial charge is 0.243 e. The second-order valence-electron chi connectivity index (χ2n) is 5.63. The summed E-state index contributed by atoms with van der Waals surface area (Å²) in [4.78, 5) is 0.214. The van der Waals surface area contributed by atoms with E-state index in [1.807, 2.05) is 0 Å². The summed E-state index contributed by atoms with van der Waals surface area (Å²) in [5.41, 5.74) is 1.71. The Hall–Kier alpha value is -0.880. The predicted molar refractivity (Wildman–Crippen MR) is 85.9 cm³/mol. The van der Waals surface area contributed by atoms with Crippen molar-refractivity contribution in [3.8, 4) is 0 Å². The Labute approximate surface area is 131 Å². The zero-order valence-electron chi connectivity index (χ0n) is 12.4. The first kappa shape index (κ1) is 16.5. The maximum atomic E-state index is 12.4. The fourth-order valence-electron chi connectivity index (χ4n) is 2.02. The molecular weight excluding hydrogens is 308 g/mol. The molecule has 0 spiro atoms. The lowest BCUT2D eigenvalue weighted by Gasteiger charge is -2.18. The highest BCUT2D eigenvalue weighted by Crippen LogP contribution is 2.25. The molecule has 0 amide bonds. The van der Waals surface area contributed by atoms with Gasteiger partial charge in [-0.05, 0) is 37.5 Å². The molecule has 1 saturated carbocycles. The molecule has 1 aromatic rings. The average Bonchev–Trinajstić information content (AvgIpc) is 3.20. The van der Waals surface area contributed by atoms with Crippen molar-refractivity contribution in [3.63, 3.8) is 0 Å². The van der Waals surface area contributed by atoms with Crippen molar-refractivity contribution >= 4 is 21.6 Å². The Morgan fingerprint density at radius 2 is 2.14 bits per heavy atom. The van der Waals surface area contributed by atoms with Gasteiger partial charge in [0.05, 0.1) is 4.90 Å². The molecule has 2 rings (SSSR count). The number of nitrogens with zero attached hydrogens (tertiary/aromatic N) is 1. The number of hydrogen-bond acceptors (Lipinski definition) is 3. The maximum absolute atomic E-state index is 12.4. The van der Waals surface area contributed by atoms with Crippen molar-refractivity contribution in [2.45, 2.75) is 37.2 Å². The molecule has 0 aromatic heterocycles. The summed E-state index contributed by atoms with van der Waals surface area (Å²) < 4.78 is 26.1. The van der Waals surface area contributed by atoms with E-state index in [2.05, 4.69) is 11.9 Å². The number of benzene rings is 1. The molecule has 0 aliphatic heterocycles. The standard InChI is InChI=1S/C15H21ClN2O2S/c1-11(2)10-18(3)21(19,20)14-7-4-12(15(16)8-14)9-17-13-5-6-13/h4,7-8,13,17H,1,5-6,9-10H2,2-3H3. The number of hydrogen-bond donors (Lipinski definition) is 1. The molecule has 1 aliphatic rings. The third kappa shape index (κ3) is 4.30. The highest BCUT2D eigenvalue weighted by atomic mass is 35.5. The first-order chi connectivity index (χ1) is 9.80. The number of rotatable bonds is 7. The van der Waals surface area contributed by atoms with Crippen LogP contribution in [0.25, 0.3) is 0 Å². The Morgan fingerprint density at radius 3 is 2.67 bits per heavy atom. The van der Waals surface area contributed by atoms with E-state index in [0.29, 0.717) is 24.2 Å². The molecule has 0 heterocycles. The molecule has 0 atom stereocenters. The Bertz CT molecular complexity index is 639. The maximum Gasteiger partial charge on any atom is 0.243 e. The lowest BCUT2D eigenvalue weighted by molar-refractivity contribution is 0.493. The zero-order valence-corrected chi connectivity index (χ0v) is 14.0. The summed E-state index contributed by atoms with van der Waals surface area (Å²) >= 11 is 6.21. The fraction of sp³-hybridized carbons (Fsp3) is 0.467. The van der Waals surface area contributed by atoms with Crippen molar-refractivity contribution < 1.29 is 8.42 Å². The lowest BCUT2D eigenvalue weighted by atomic mass is 10.2. The van der Waals surface area contributed by atoms with E-state index in [0.717, 1.165) is 11.1 Å². The molecule has 116 valence electrons. The van der Waals surface area contributed by atoms with Gasteiger partial charge in [0, 0.05) is 31.2 Å². The van der Waals surface area contributed by atoms with Crippen molar-refractivity contribution in [2.75, 3.05) is 13.6 Å². The van der Waals surface area contributed by atoms with Gasteiger partial charge in [-0.3, -0.25) is 0 Å². The summed E-state index contributed by atoms with van der Waals surface area (Å²) in [7, 11) is -1.98. The van der Waals surface area contributed by atoms with Crippen LogP contribution in [0, 0.1) is 0 Å². The van der Waals surface area contributed by atoms with Gasteiger partial charge in [0.25, 0.3) is 0 Å². The largest absolute Gasteiger partial charge is 0.310 e. The predicted octanol–water partition coefficient (Wildman–Crippen LogP) is 2.79. The summed E-state index contributed by atoms with van der Waals surface area (Å²) in [6.07, 6.45) is 2.41. The number of halogens is 1. The second kappa shape index (κ2) is 6.48. The Kier molecular flexibility index (Phi) is 5.09. The van der Waals surface area contributed by atoms with Crippen molar-refractivity contribution in [3.05, 3.63) is 40.9 Å². The molecule has 0 radical (unpaired) electrons. The highest BCUT2D eigenvalue weighted by Gasteiger charge is 2.23. The summed E-state index contributed by atoms with van der Waals surface area (Å²) in [5.74, 6) is 0. The van der Waals surface area contributed by atoms with Gasteiger partial charge in [-0.1, -0.05) is 29.8 Å². The number of sulfonamides is 1. The van der Waals surface area contributed by atoms with Crippen LogP contribution in [0.4, 0.5) is 0 Å². The van der Waals surface area contributed by atoms with Gasteiger partial charge in [-0.25, -0.2) is 8.42 Å². The van der Waals surface area contributed by atoms with Crippen LogP contribution in [0.3, 0.4) is 0 Å². The van der Waals surface area contributed by atoms with E-state index < -0.39 is 10.0 Å². The molecule has 1 N–H and O–H groups in total. The Balaban J connectivity index is 2.15. The van der Waals surface area contributed by atoms with Crippen LogP contribution in [-0.2, 0) is 16.6 Å². The first-order valence-corrected chi connectivity index (χ1v) is 8.75. The van der Waals surface area contributed by atoms with E-state index in [-0.39, 0.29) is 4.90 Å². The lowest BCUT2D eigenvalue weighted by Crippen LogP contribution is -2.28. The first-order valence-electron chi connectivity index (χ1n) is 6.93. The summed E-state index contributed by atoms with van der Waals surface area (Å²) in [5, 5.41) is 3.84. The van der Waals surface area contributed by atoms with Crippen LogP contribution in [0.1, 0.15) is 25.3 Å². The topological polar surface area (TPSA) is 49.4 Å². The molecule has 6 heteroatoms. The quantitative estimate of drug-likeness (QED) is 0.783. The molecule has 21 heavy (non-hydrogen) atoms.